The summed E-state index contributed by atoms with van der Waals surface area (Å²) in [6, 6.07) is 8.20. The monoisotopic (exact) mass is 287 g/mol. The Morgan fingerprint density at radius 1 is 1.43 bits per heavy atom. The summed E-state index contributed by atoms with van der Waals surface area (Å²) in [5, 5.41) is 0. The zero-order chi connectivity index (χ0) is 15.7. The Balaban J connectivity index is 2.75. The van der Waals surface area contributed by atoms with Gasteiger partial charge in [0, 0.05) is 0 Å². The predicted octanol–water partition coefficient (Wildman–Crippen LogP) is 1.99. The van der Waals surface area contributed by atoms with Gasteiger partial charge in [0.2, 0.25) is 0 Å². The second-order valence-corrected chi connectivity index (χ2v) is 4.08. The molecule has 5 nitrogen and oxygen atoms in total. The fourth-order valence-electron chi connectivity index (χ4n) is 1.65. The molecule has 0 bridgehead atoms. The lowest BCUT2D eigenvalue weighted by Crippen LogP contribution is -2.44. The van der Waals surface area contributed by atoms with Gasteiger partial charge in [-0.3, -0.25) is 4.90 Å². The number of methoxy groups -OCH3 is 1. The molecule has 5 heteroatoms. The molecule has 1 unspecified atom stereocenters. The number of carbonyl (C=O) groups excluding carboxylic acids is 2. The fourth-order valence-corrected chi connectivity index (χ4v) is 1.65. The molecule has 1 aromatic rings. The Bertz CT molecular complexity index is 533. The van der Waals surface area contributed by atoms with Crippen molar-refractivity contribution < 1.29 is 19.1 Å². The van der Waals surface area contributed by atoms with E-state index in [4.69, 9.17) is 11.2 Å². The molecule has 0 N–H and O–H groups in total. The third-order valence-electron chi connectivity index (χ3n) is 2.70. The average molecular weight is 287 g/mol. The predicted molar refractivity (Wildman–Crippen MR) is 78.2 cm³/mol. The molecule has 0 saturated carbocycles. The van der Waals surface area contributed by atoms with Crippen LogP contribution in [0.15, 0.2) is 43.0 Å². The van der Waals surface area contributed by atoms with Crippen LogP contribution in [0.4, 0.5) is 4.79 Å². The third-order valence-corrected chi connectivity index (χ3v) is 2.70. The second kappa shape index (κ2) is 8.43. The highest BCUT2D eigenvalue weighted by Gasteiger charge is 2.28. The van der Waals surface area contributed by atoms with Crippen LogP contribution in [0, 0.1) is 12.3 Å². The fraction of sp³-hybridized carbons (Fsp3) is 0.250. The average Bonchev–Trinajstić information content (AvgIpc) is 2.53. The van der Waals surface area contributed by atoms with Crippen molar-refractivity contribution in [2.75, 3.05) is 13.7 Å². The van der Waals surface area contributed by atoms with Gasteiger partial charge in [0.15, 0.2) is 6.04 Å². The lowest BCUT2D eigenvalue weighted by atomic mass is 10.2. The molecule has 1 aromatic carbocycles. The highest BCUT2D eigenvalue weighted by molar-refractivity contribution is 5.83. The number of hydrogen-bond donors (Lipinski definition) is 0. The number of rotatable bonds is 6. The van der Waals surface area contributed by atoms with Gasteiger partial charge in [0.25, 0.3) is 0 Å². The van der Waals surface area contributed by atoms with Gasteiger partial charge in [0.05, 0.1) is 13.7 Å². The normalized spacial score (nSPS) is 10.9. The lowest BCUT2D eigenvalue weighted by Gasteiger charge is -2.25. The van der Waals surface area contributed by atoms with E-state index in [9.17, 15) is 9.59 Å². The summed E-state index contributed by atoms with van der Waals surface area (Å²) in [5.41, 5.74) is 0.833. The van der Waals surface area contributed by atoms with E-state index in [0.29, 0.717) is 0 Å². The summed E-state index contributed by atoms with van der Waals surface area (Å²) >= 11 is 0. The Morgan fingerprint density at radius 3 is 2.62 bits per heavy atom. The SMILES string of the molecule is C#CCN(C(=O)OCc1ccccc1)C(C=C)C(=O)OC. The Hall–Kier alpha value is -2.74. The van der Waals surface area contributed by atoms with Crippen LogP contribution in [0.2, 0.25) is 0 Å². The first-order valence-electron chi connectivity index (χ1n) is 6.25. The molecule has 0 saturated heterocycles. The molecule has 1 amide bonds. The van der Waals surface area contributed by atoms with Gasteiger partial charge >= 0.3 is 12.1 Å². The van der Waals surface area contributed by atoms with Gasteiger partial charge in [0.1, 0.15) is 6.61 Å². The largest absolute Gasteiger partial charge is 0.467 e. The van der Waals surface area contributed by atoms with Crippen LogP contribution in [0.1, 0.15) is 5.56 Å². The van der Waals surface area contributed by atoms with Gasteiger partial charge in [-0.15, -0.1) is 13.0 Å². The summed E-state index contributed by atoms with van der Waals surface area (Å²) in [5.74, 6) is 1.68. The van der Waals surface area contributed by atoms with E-state index in [1.165, 1.54) is 13.2 Å². The molecule has 0 spiro atoms. The van der Waals surface area contributed by atoms with Crippen molar-refractivity contribution in [3.63, 3.8) is 0 Å². The summed E-state index contributed by atoms with van der Waals surface area (Å²) in [4.78, 5) is 24.8. The number of benzene rings is 1. The summed E-state index contributed by atoms with van der Waals surface area (Å²) in [6.45, 7) is 3.52. The molecule has 0 aromatic heterocycles. The lowest BCUT2D eigenvalue weighted by molar-refractivity contribution is -0.144. The number of esters is 1. The first-order valence-corrected chi connectivity index (χ1v) is 6.25. The summed E-state index contributed by atoms with van der Waals surface area (Å²) in [6.07, 6.45) is 5.81. The number of terminal acetylenes is 1. The zero-order valence-electron chi connectivity index (χ0n) is 11.8. The number of carbonyl (C=O) groups is 2. The molecule has 0 radical (unpaired) electrons. The highest BCUT2D eigenvalue weighted by Crippen LogP contribution is 2.08. The molecular formula is C16H17NO4. The van der Waals surface area contributed by atoms with Crippen LogP contribution in [-0.4, -0.2) is 36.7 Å². The smallest absolute Gasteiger partial charge is 0.411 e. The minimum absolute atomic E-state index is 0.0839. The number of ether oxygens (including phenoxy) is 2. The standard InChI is InChI=1S/C16H17NO4/c1-4-11-17(14(5-2)15(18)20-3)16(19)21-12-13-9-7-6-8-10-13/h1,5-10,14H,2,11-12H2,3H3. The van der Waals surface area contributed by atoms with Crippen molar-refractivity contribution >= 4 is 12.1 Å². The first-order chi connectivity index (χ1) is 10.1. The maximum Gasteiger partial charge on any atom is 0.411 e. The molecule has 0 aliphatic rings. The topological polar surface area (TPSA) is 55.8 Å². The minimum atomic E-state index is -0.977. The van der Waals surface area contributed by atoms with Crippen molar-refractivity contribution in [3.8, 4) is 12.3 Å². The molecule has 0 aliphatic heterocycles. The Labute approximate surface area is 124 Å². The van der Waals surface area contributed by atoms with Crippen molar-refractivity contribution in [3.05, 3.63) is 48.6 Å². The van der Waals surface area contributed by atoms with Crippen LogP contribution in [0.5, 0.6) is 0 Å². The van der Waals surface area contributed by atoms with E-state index in [-0.39, 0.29) is 13.2 Å². The molecule has 0 fully saturated rings. The van der Waals surface area contributed by atoms with Crippen molar-refractivity contribution in [2.45, 2.75) is 12.6 Å². The van der Waals surface area contributed by atoms with E-state index >= 15 is 0 Å². The highest BCUT2D eigenvalue weighted by atomic mass is 16.6. The molecule has 21 heavy (non-hydrogen) atoms. The van der Waals surface area contributed by atoms with Crippen LogP contribution < -0.4 is 0 Å². The maximum atomic E-state index is 12.1. The van der Waals surface area contributed by atoms with E-state index in [1.54, 1.807) is 0 Å². The molecule has 0 aliphatic carbocycles. The second-order valence-electron chi connectivity index (χ2n) is 4.08. The zero-order valence-corrected chi connectivity index (χ0v) is 11.8. The number of amides is 1. The first kappa shape index (κ1) is 16.3. The van der Waals surface area contributed by atoms with E-state index < -0.39 is 18.1 Å². The van der Waals surface area contributed by atoms with Gasteiger partial charge < -0.3 is 9.47 Å². The van der Waals surface area contributed by atoms with Crippen molar-refractivity contribution in [2.24, 2.45) is 0 Å². The number of hydrogen-bond acceptors (Lipinski definition) is 4. The molecule has 1 atom stereocenters. The van der Waals surface area contributed by atoms with Crippen LogP contribution >= 0.6 is 0 Å². The van der Waals surface area contributed by atoms with E-state index in [2.05, 4.69) is 17.2 Å². The van der Waals surface area contributed by atoms with Gasteiger partial charge in [-0.1, -0.05) is 42.3 Å². The third kappa shape index (κ3) is 4.69. The molecule has 110 valence electrons. The van der Waals surface area contributed by atoms with E-state index in [1.807, 2.05) is 30.3 Å². The Kier molecular flexibility index (Phi) is 6.55. The number of nitrogens with zero attached hydrogens (tertiary/aromatic N) is 1. The molecular weight excluding hydrogens is 270 g/mol. The quantitative estimate of drug-likeness (QED) is 0.456. The van der Waals surface area contributed by atoms with Crippen LogP contribution in [0.3, 0.4) is 0 Å². The maximum absolute atomic E-state index is 12.1. The van der Waals surface area contributed by atoms with Gasteiger partial charge in [-0.05, 0) is 5.56 Å². The summed E-state index contributed by atoms with van der Waals surface area (Å²) in [7, 11) is 1.22. The minimum Gasteiger partial charge on any atom is -0.467 e. The van der Waals surface area contributed by atoms with Crippen LogP contribution in [-0.2, 0) is 20.9 Å². The van der Waals surface area contributed by atoms with E-state index in [0.717, 1.165) is 10.5 Å². The summed E-state index contributed by atoms with van der Waals surface area (Å²) < 4.78 is 9.77. The van der Waals surface area contributed by atoms with Gasteiger partial charge in [-0.25, -0.2) is 9.59 Å². The van der Waals surface area contributed by atoms with Crippen molar-refractivity contribution in [1.29, 1.82) is 0 Å². The Morgan fingerprint density at radius 2 is 2.10 bits per heavy atom. The van der Waals surface area contributed by atoms with Gasteiger partial charge in [-0.2, -0.15) is 0 Å². The van der Waals surface area contributed by atoms with Crippen LogP contribution in [0.25, 0.3) is 0 Å². The molecule has 0 heterocycles. The van der Waals surface area contributed by atoms with Crippen molar-refractivity contribution in [1.82, 2.24) is 4.90 Å². The molecule has 1 rings (SSSR count).